The summed E-state index contributed by atoms with van der Waals surface area (Å²) in [4.78, 5) is 11.5. The van der Waals surface area contributed by atoms with Gasteiger partial charge >= 0.3 is 0 Å². The van der Waals surface area contributed by atoms with Gasteiger partial charge < -0.3 is 4.74 Å². The first-order valence-electron chi connectivity index (χ1n) is 4.54. The number of ether oxygens (including phenoxy) is 1. The van der Waals surface area contributed by atoms with Crippen LogP contribution in [0.4, 0.5) is 4.39 Å². The molecule has 0 aliphatic rings. The number of halogens is 2. The van der Waals surface area contributed by atoms with Gasteiger partial charge in [0.15, 0.2) is 5.78 Å². The lowest BCUT2D eigenvalue weighted by Crippen LogP contribution is -2.21. The van der Waals surface area contributed by atoms with Crippen LogP contribution in [0.25, 0.3) is 0 Å². The van der Waals surface area contributed by atoms with Crippen LogP contribution in [-0.4, -0.2) is 19.0 Å². The Morgan fingerprint density at radius 3 is 2.87 bits per heavy atom. The summed E-state index contributed by atoms with van der Waals surface area (Å²) in [5.74, 6) is -0.422. The molecule has 0 heterocycles. The standard InChI is InChI=1S/C11H12BrFO2/c1-7(15-2)10(14)6-8-4-3-5-9(13)11(8)12/h3-5,7H,6H2,1-2H3. The third-order valence-corrected chi connectivity index (χ3v) is 3.09. The smallest absolute Gasteiger partial charge is 0.165 e. The Bertz CT molecular complexity index is 366. The van der Waals surface area contributed by atoms with Gasteiger partial charge in [-0.2, -0.15) is 0 Å². The molecule has 0 aromatic heterocycles. The van der Waals surface area contributed by atoms with Crippen molar-refractivity contribution in [2.75, 3.05) is 7.11 Å². The predicted molar refractivity (Wildman–Crippen MR) is 59.3 cm³/mol. The number of Topliss-reactive ketones (excluding diaryl/α,β-unsaturated/α-hetero) is 1. The van der Waals surface area contributed by atoms with E-state index in [0.717, 1.165) is 0 Å². The van der Waals surface area contributed by atoms with Gasteiger partial charge in [0.2, 0.25) is 0 Å². The third kappa shape index (κ3) is 3.11. The highest BCUT2D eigenvalue weighted by molar-refractivity contribution is 9.10. The summed E-state index contributed by atoms with van der Waals surface area (Å²) in [7, 11) is 1.48. The summed E-state index contributed by atoms with van der Waals surface area (Å²) in [5.41, 5.74) is 0.643. The molecule has 0 spiro atoms. The van der Waals surface area contributed by atoms with E-state index in [0.29, 0.717) is 10.0 Å². The summed E-state index contributed by atoms with van der Waals surface area (Å²) in [5, 5.41) is 0. The van der Waals surface area contributed by atoms with Gasteiger partial charge in [0.25, 0.3) is 0 Å². The fraction of sp³-hybridized carbons (Fsp3) is 0.364. The van der Waals surface area contributed by atoms with Crippen molar-refractivity contribution in [3.8, 4) is 0 Å². The highest BCUT2D eigenvalue weighted by Crippen LogP contribution is 2.21. The minimum atomic E-state index is -0.458. The second-order valence-corrected chi connectivity index (χ2v) is 4.03. The van der Waals surface area contributed by atoms with Crippen LogP contribution in [0.3, 0.4) is 0 Å². The molecule has 82 valence electrons. The molecule has 1 rings (SSSR count). The lowest BCUT2D eigenvalue weighted by molar-refractivity contribution is -0.127. The van der Waals surface area contributed by atoms with Gasteiger partial charge in [-0.25, -0.2) is 4.39 Å². The number of methoxy groups -OCH3 is 1. The summed E-state index contributed by atoms with van der Waals surface area (Å²) >= 11 is 3.11. The van der Waals surface area contributed by atoms with Crippen LogP contribution in [0.2, 0.25) is 0 Å². The first-order chi connectivity index (χ1) is 7.06. The van der Waals surface area contributed by atoms with E-state index in [-0.39, 0.29) is 18.0 Å². The lowest BCUT2D eigenvalue weighted by Gasteiger charge is -2.09. The SMILES string of the molecule is COC(C)C(=O)Cc1cccc(F)c1Br. The Morgan fingerprint density at radius 2 is 2.27 bits per heavy atom. The summed E-state index contributed by atoms with van der Waals surface area (Å²) < 4.78 is 18.4. The zero-order chi connectivity index (χ0) is 11.4. The molecule has 0 aliphatic carbocycles. The second-order valence-electron chi connectivity index (χ2n) is 3.23. The molecule has 4 heteroatoms. The molecule has 0 saturated heterocycles. The molecule has 0 amide bonds. The first kappa shape index (κ1) is 12.3. The number of hydrogen-bond donors (Lipinski definition) is 0. The van der Waals surface area contributed by atoms with Crippen molar-refractivity contribution >= 4 is 21.7 Å². The highest BCUT2D eigenvalue weighted by atomic mass is 79.9. The van der Waals surface area contributed by atoms with Gasteiger partial charge in [-0.15, -0.1) is 0 Å². The Kier molecular flexibility index (Phi) is 4.42. The average Bonchev–Trinajstić information content (AvgIpc) is 2.23. The Hall–Kier alpha value is -0.740. The summed E-state index contributed by atoms with van der Waals surface area (Å²) in [6.45, 7) is 1.68. The topological polar surface area (TPSA) is 26.3 Å². The van der Waals surface area contributed by atoms with Gasteiger partial charge in [0.1, 0.15) is 11.9 Å². The van der Waals surface area contributed by atoms with E-state index in [9.17, 15) is 9.18 Å². The van der Waals surface area contributed by atoms with E-state index in [1.54, 1.807) is 19.1 Å². The van der Waals surface area contributed by atoms with E-state index in [4.69, 9.17) is 4.74 Å². The Morgan fingerprint density at radius 1 is 1.60 bits per heavy atom. The fourth-order valence-electron chi connectivity index (χ4n) is 1.15. The van der Waals surface area contributed by atoms with Gasteiger partial charge in [-0.05, 0) is 34.5 Å². The van der Waals surface area contributed by atoms with Crippen molar-refractivity contribution in [1.29, 1.82) is 0 Å². The molecule has 0 fully saturated rings. The minimum absolute atomic E-state index is 0.0659. The molecule has 15 heavy (non-hydrogen) atoms. The minimum Gasteiger partial charge on any atom is -0.374 e. The largest absolute Gasteiger partial charge is 0.374 e. The molecule has 2 nitrogen and oxygen atoms in total. The van der Waals surface area contributed by atoms with E-state index in [1.165, 1.54) is 13.2 Å². The monoisotopic (exact) mass is 274 g/mol. The van der Waals surface area contributed by atoms with Crippen molar-refractivity contribution in [2.45, 2.75) is 19.4 Å². The van der Waals surface area contributed by atoms with Gasteiger partial charge in [-0.3, -0.25) is 4.79 Å². The van der Waals surface area contributed by atoms with Crippen LogP contribution in [0.1, 0.15) is 12.5 Å². The van der Waals surface area contributed by atoms with Crippen molar-refractivity contribution in [3.05, 3.63) is 34.1 Å². The maximum absolute atomic E-state index is 13.1. The van der Waals surface area contributed by atoms with Crippen LogP contribution >= 0.6 is 15.9 Å². The van der Waals surface area contributed by atoms with Gasteiger partial charge in [0.05, 0.1) is 4.47 Å². The number of carbonyl (C=O) groups is 1. The van der Waals surface area contributed by atoms with E-state index in [1.807, 2.05) is 0 Å². The van der Waals surface area contributed by atoms with Crippen molar-refractivity contribution in [2.24, 2.45) is 0 Å². The fourth-order valence-corrected chi connectivity index (χ4v) is 1.55. The molecule has 1 aromatic rings. The van der Waals surface area contributed by atoms with Crippen LogP contribution in [-0.2, 0) is 16.0 Å². The average molecular weight is 275 g/mol. The van der Waals surface area contributed by atoms with Crippen LogP contribution < -0.4 is 0 Å². The van der Waals surface area contributed by atoms with Crippen molar-refractivity contribution in [3.63, 3.8) is 0 Å². The number of hydrogen-bond acceptors (Lipinski definition) is 2. The molecular weight excluding hydrogens is 263 g/mol. The predicted octanol–water partition coefficient (Wildman–Crippen LogP) is 2.73. The number of benzene rings is 1. The van der Waals surface area contributed by atoms with E-state index >= 15 is 0 Å². The van der Waals surface area contributed by atoms with Crippen LogP contribution in [0.5, 0.6) is 0 Å². The normalized spacial score (nSPS) is 12.5. The van der Waals surface area contributed by atoms with Crippen LogP contribution in [0.15, 0.2) is 22.7 Å². The zero-order valence-electron chi connectivity index (χ0n) is 8.59. The molecule has 0 radical (unpaired) electrons. The van der Waals surface area contributed by atoms with Crippen molar-refractivity contribution in [1.82, 2.24) is 0 Å². The van der Waals surface area contributed by atoms with Gasteiger partial charge in [-0.1, -0.05) is 12.1 Å². The highest BCUT2D eigenvalue weighted by Gasteiger charge is 2.15. The van der Waals surface area contributed by atoms with E-state index in [2.05, 4.69) is 15.9 Å². The quantitative estimate of drug-likeness (QED) is 0.844. The molecular formula is C11H12BrFO2. The number of rotatable bonds is 4. The molecule has 0 bridgehead atoms. The van der Waals surface area contributed by atoms with E-state index < -0.39 is 6.10 Å². The summed E-state index contributed by atoms with van der Waals surface area (Å²) in [6, 6.07) is 4.64. The summed E-state index contributed by atoms with van der Waals surface area (Å²) in [6.07, 6.45) is -0.284. The Labute approximate surface area is 96.6 Å². The Balaban J connectivity index is 2.81. The maximum atomic E-state index is 13.1. The molecule has 1 atom stereocenters. The second kappa shape index (κ2) is 5.37. The maximum Gasteiger partial charge on any atom is 0.165 e. The van der Waals surface area contributed by atoms with Crippen molar-refractivity contribution < 1.29 is 13.9 Å². The molecule has 1 unspecified atom stereocenters. The molecule has 0 N–H and O–H groups in total. The first-order valence-corrected chi connectivity index (χ1v) is 5.34. The number of ketones is 1. The molecule has 0 saturated carbocycles. The number of carbonyl (C=O) groups excluding carboxylic acids is 1. The molecule has 0 aliphatic heterocycles. The van der Waals surface area contributed by atoms with Crippen LogP contribution in [0, 0.1) is 5.82 Å². The molecule has 1 aromatic carbocycles. The third-order valence-electron chi connectivity index (χ3n) is 2.20. The zero-order valence-corrected chi connectivity index (χ0v) is 10.2. The van der Waals surface area contributed by atoms with Gasteiger partial charge in [0, 0.05) is 13.5 Å². The lowest BCUT2D eigenvalue weighted by atomic mass is 10.1.